The lowest BCUT2D eigenvalue weighted by Gasteiger charge is -2.17. The highest BCUT2D eigenvalue weighted by atomic mass is 32.2. The number of Topliss-reactive ketones (excluding diaryl/α,β-unsaturated/α-hetero) is 1. The van der Waals surface area contributed by atoms with Gasteiger partial charge in [-0.2, -0.15) is 0 Å². The molecule has 0 saturated carbocycles. The molecule has 0 aromatic heterocycles. The average molecular weight is 389 g/mol. The van der Waals surface area contributed by atoms with E-state index in [0.717, 1.165) is 18.6 Å². The monoisotopic (exact) mass is 388 g/mol. The maximum absolute atomic E-state index is 12.1. The molecule has 0 bridgehead atoms. The number of aliphatic carboxylic acids is 1. The Hall–Kier alpha value is -1.57. The quantitative estimate of drug-likeness (QED) is 0.311. The minimum absolute atomic E-state index is 0.0885. The first-order valence-corrected chi connectivity index (χ1v) is 10.2. The second-order valence-corrected chi connectivity index (χ2v) is 7.86. The van der Waals surface area contributed by atoms with E-state index in [0.29, 0.717) is 12.3 Å². The predicted molar refractivity (Wildman–Crippen MR) is 103 cm³/mol. The zero-order valence-corrected chi connectivity index (χ0v) is 17.0. The molecule has 0 aliphatic heterocycles. The van der Waals surface area contributed by atoms with E-state index in [-0.39, 0.29) is 36.4 Å². The summed E-state index contributed by atoms with van der Waals surface area (Å²) in [6.07, 6.45) is 2.73. The van der Waals surface area contributed by atoms with E-state index in [4.69, 9.17) is 5.11 Å². The fourth-order valence-corrected chi connectivity index (χ4v) is 2.85. The average Bonchev–Trinajstić information content (AvgIpc) is 2.56. The number of rotatable bonds is 14. The number of unbranched alkanes of at least 4 members (excludes halogenated alkanes) is 2. The normalized spacial score (nSPS) is 13.1. The molecule has 3 N–H and O–H groups in total. The maximum Gasteiger partial charge on any atom is 0.303 e. The van der Waals surface area contributed by atoms with Gasteiger partial charge in [-0.15, -0.1) is 11.8 Å². The van der Waals surface area contributed by atoms with Gasteiger partial charge in [-0.3, -0.25) is 19.2 Å². The Morgan fingerprint density at radius 3 is 2.19 bits per heavy atom. The van der Waals surface area contributed by atoms with Crippen LogP contribution in [0.2, 0.25) is 0 Å². The van der Waals surface area contributed by atoms with Crippen LogP contribution in [-0.2, 0) is 19.2 Å². The highest BCUT2D eigenvalue weighted by Crippen LogP contribution is 2.09. The molecule has 0 heterocycles. The molecule has 150 valence electrons. The van der Waals surface area contributed by atoms with E-state index in [1.807, 2.05) is 0 Å². The van der Waals surface area contributed by atoms with Gasteiger partial charge in [0, 0.05) is 24.7 Å². The van der Waals surface area contributed by atoms with Crippen molar-refractivity contribution in [3.8, 4) is 0 Å². The second kappa shape index (κ2) is 13.6. The van der Waals surface area contributed by atoms with Crippen LogP contribution in [0.4, 0.5) is 0 Å². The summed E-state index contributed by atoms with van der Waals surface area (Å²) in [7, 11) is 0. The van der Waals surface area contributed by atoms with Gasteiger partial charge in [-0.05, 0) is 25.5 Å². The summed E-state index contributed by atoms with van der Waals surface area (Å²) < 4.78 is 0. The molecule has 7 nitrogen and oxygen atoms in total. The number of carboxylic acids is 1. The van der Waals surface area contributed by atoms with E-state index in [1.165, 1.54) is 0 Å². The van der Waals surface area contributed by atoms with Crippen LogP contribution in [0.15, 0.2) is 0 Å². The number of carbonyl (C=O) groups excluding carboxylic acids is 3. The van der Waals surface area contributed by atoms with Crippen molar-refractivity contribution in [1.29, 1.82) is 0 Å². The van der Waals surface area contributed by atoms with E-state index >= 15 is 0 Å². The minimum atomic E-state index is -0.772. The molecule has 8 heteroatoms. The molecule has 0 fully saturated rings. The molecule has 0 aromatic rings. The summed E-state index contributed by atoms with van der Waals surface area (Å²) in [5.41, 5.74) is 0. The molecule has 0 saturated heterocycles. The van der Waals surface area contributed by atoms with Crippen molar-refractivity contribution < 1.29 is 24.3 Å². The van der Waals surface area contributed by atoms with E-state index in [1.54, 1.807) is 39.5 Å². The molecule has 2 amide bonds. The number of nitrogens with one attached hydrogen (secondary N) is 2. The fourth-order valence-electron chi connectivity index (χ4n) is 2.06. The molecule has 0 rings (SSSR count). The summed E-state index contributed by atoms with van der Waals surface area (Å²) in [6.45, 7) is 6.84. The Morgan fingerprint density at radius 2 is 1.62 bits per heavy atom. The molecule has 0 radical (unpaired) electrons. The van der Waals surface area contributed by atoms with Crippen molar-refractivity contribution in [3.05, 3.63) is 0 Å². The lowest BCUT2D eigenvalue weighted by atomic mass is 10.00. The molecule has 2 atom stereocenters. The van der Waals surface area contributed by atoms with Crippen LogP contribution in [0.3, 0.4) is 0 Å². The smallest absolute Gasteiger partial charge is 0.303 e. The Morgan fingerprint density at radius 1 is 0.962 bits per heavy atom. The standard InChI is InChI=1S/C18H32N2O5S/c1-12(2)17(24)20-14(4)15(21)10-13(3)18(25)19-11-26-9-7-5-6-8-16(22)23/h12-14H,5-11H2,1-4H3,(H,19,25)(H,20,24)(H,22,23)/t13-,14+/m1/s1. The first-order chi connectivity index (χ1) is 12.1. The lowest BCUT2D eigenvalue weighted by molar-refractivity contribution is -0.137. The van der Waals surface area contributed by atoms with Gasteiger partial charge in [-0.1, -0.05) is 27.2 Å². The molecule has 0 unspecified atom stereocenters. The van der Waals surface area contributed by atoms with Gasteiger partial charge < -0.3 is 15.7 Å². The Bertz CT molecular complexity index is 482. The minimum Gasteiger partial charge on any atom is -0.481 e. The Labute approximate surface area is 160 Å². The molecule has 0 aromatic carbocycles. The van der Waals surface area contributed by atoms with Crippen molar-refractivity contribution in [1.82, 2.24) is 10.6 Å². The topological polar surface area (TPSA) is 113 Å². The van der Waals surface area contributed by atoms with Crippen molar-refractivity contribution in [3.63, 3.8) is 0 Å². The van der Waals surface area contributed by atoms with Crippen LogP contribution < -0.4 is 10.6 Å². The number of thioether (sulfide) groups is 1. The third-order valence-electron chi connectivity index (χ3n) is 3.85. The predicted octanol–water partition coefficient (Wildman–Crippen LogP) is 2.19. The number of hydrogen-bond donors (Lipinski definition) is 3. The molecule has 26 heavy (non-hydrogen) atoms. The van der Waals surface area contributed by atoms with Crippen LogP contribution >= 0.6 is 11.8 Å². The Balaban J connectivity index is 3.89. The second-order valence-electron chi connectivity index (χ2n) is 6.75. The van der Waals surface area contributed by atoms with Gasteiger partial charge in [0.25, 0.3) is 0 Å². The van der Waals surface area contributed by atoms with E-state index in [9.17, 15) is 19.2 Å². The molecule has 0 spiro atoms. The van der Waals surface area contributed by atoms with Crippen LogP contribution in [0, 0.1) is 11.8 Å². The number of hydrogen-bond acceptors (Lipinski definition) is 5. The van der Waals surface area contributed by atoms with Gasteiger partial charge in [-0.25, -0.2) is 0 Å². The first-order valence-electron chi connectivity index (χ1n) is 9.05. The molecular formula is C18H32N2O5S. The number of ketones is 1. The van der Waals surface area contributed by atoms with Crippen molar-refractivity contribution in [2.24, 2.45) is 11.8 Å². The van der Waals surface area contributed by atoms with Crippen LogP contribution in [-0.4, -0.2) is 46.3 Å². The first kappa shape index (κ1) is 24.4. The van der Waals surface area contributed by atoms with Crippen LogP contribution in [0.25, 0.3) is 0 Å². The highest BCUT2D eigenvalue weighted by molar-refractivity contribution is 7.99. The van der Waals surface area contributed by atoms with Crippen LogP contribution in [0.5, 0.6) is 0 Å². The lowest BCUT2D eigenvalue weighted by Crippen LogP contribution is -2.42. The molecule has 0 aliphatic rings. The summed E-state index contributed by atoms with van der Waals surface area (Å²) >= 11 is 1.57. The van der Waals surface area contributed by atoms with Crippen LogP contribution in [0.1, 0.15) is 59.8 Å². The third-order valence-corrected chi connectivity index (χ3v) is 4.77. The summed E-state index contributed by atoms with van der Waals surface area (Å²) in [5, 5.41) is 14.0. The van der Waals surface area contributed by atoms with E-state index in [2.05, 4.69) is 10.6 Å². The number of amides is 2. The Kier molecular flexibility index (Phi) is 12.8. The fraction of sp³-hybridized carbons (Fsp3) is 0.778. The molecule has 0 aliphatic carbocycles. The zero-order valence-electron chi connectivity index (χ0n) is 16.2. The third kappa shape index (κ3) is 11.9. The highest BCUT2D eigenvalue weighted by Gasteiger charge is 2.22. The largest absolute Gasteiger partial charge is 0.481 e. The van der Waals surface area contributed by atoms with Gasteiger partial charge in [0.05, 0.1) is 11.9 Å². The maximum atomic E-state index is 12.1. The summed E-state index contributed by atoms with van der Waals surface area (Å²) in [5.74, 6) is -0.605. The SMILES string of the molecule is CC(C)C(=O)N[C@@H](C)C(=O)C[C@@H](C)C(=O)NCSCCCCCC(=O)O. The van der Waals surface area contributed by atoms with Gasteiger partial charge in [0.1, 0.15) is 0 Å². The van der Waals surface area contributed by atoms with E-state index < -0.39 is 17.9 Å². The molecular weight excluding hydrogens is 356 g/mol. The summed E-state index contributed by atoms with van der Waals surface area (Å²) in [6, 6.07) is -0.597. The van der Waals surface area contributed by atoms with Gasteiger partial charge >= 0.3 is 5.97 Å². The van der Waals surface area contributed by atoms with Gasteiger partial charge in [0.2, 0.25) is 11.8 Å². The van der Waals surface area contributed by atoms with Crippen molar-refractivity contribution in [2.45, 2.75) is 65.8 Å². The van der Waals surface area contributed by atoms with Crippen molar-refractivity contribution >= 4 is 35.3 Å². The van der Waals surface area contributed by atoms with Crippen molar-refractivity contribution in [2.75, 3.05) is 11.6 Å². The zero-order chi connectivity index (χ0) is 20.1. The number of carboxylic acid groups (broad SMARTS) is 1. The van der Waals surface area contributed by atoms with Gasteiger partial charge in [0.15, 0.2) is 5.78 Å². The number of carbonyl (C=O) groups is 4. The summed E-state index contributed by atoms with van der Waals surface area (Å²) in [4.78, 5) is 46.1.